The smallest absolute Gasteiger partial charge is 0.409 e. The topological polar surface area (TPSA) is 36.0 Å². The van der Waals surface area contributed by atoms with Gasteiger partial charge in [0.05, 0.1) is 0 Å². The fourth-order valence-electron chi connectivity index (χ4n) is 2.84. The first-order valence-electron chi connectivity index (χ1n) is 8.11. The van der Waals surface area contributed by atoms with Crippen molar-refractivity contribution in [3.8, 4) is 0 Å². The summed E-state index contributed by atoms with van der Waals surface area (Å²) in [5, 5.41) is 0. The minimum atomic E-state index is -1.37. The molecule has 22 heavy (non-hydrogen) atoms. The molecular formula is C16H28FN3O2. The SMILES string of the molecule is CN(C)C/C=C/CN1CC(F)(COC(=O)N2CCCCC2)C1. The maximum atomic E-state index is 14.4. The van der Waals surface area contributed by atoms with Crippen LogP contribution in [0.1, 0.15) is 19.3 Å². The summed E-state index contributed by atoms with van der Waals surface area (Å²) in [5.74, 6) is 0. The van der Waals surface area contributed by atoms with E-state index in [2.05, 4.69) is 17.1 Å². The number of likely N-dealkylation sites (N-methyl/N-ethyl adjacent to an activating group) is 1. The summed E-state index contributed by atoms with van der Waals surface area (Å²) in [5.41, 5.74) is -1.37. The third-order valence-corrected chi connectivity index (χ3v) is 4.08. The quantitative estimate of drug-likeness (QED) is 0.700. The Morgan fingerprint density at radius 1 is 1.23 bits per heavy atom. The van der Waals surface area contributed by atoms with E-state index < -0.39 is 5.67 Å². The van der Waals surface area contributed by atoms with Crippen molar-refractivity contribution in [3.05, 3.63) is 12.2 Å². The summed E-state index contributed by atoms with van der Waals surface area (Å²) in [7, 11) is 4.02. The fraction of sp³-hybridized carbons (Fsp3) is 0.812. The van der Waals surface area contributed by atoms with Crippen molar-refractivity contribution < 1.29 is 13.9 Å². The van der Waals surface area contributed by atoms with E-state index in [9.17, 15) is 9.18 Å². The van der Waals surface area contributed by atoms with Gasteiger partial charge in [0.2, 0.25) is 0 Å². The van der Waals surface area contributed by atoms with E-state index in [0.29, 0.717) is 13.1 Å². The third-order valence-electron chi connectivity index (χ3n) is 4.08. The molecule has 6 heteroatoms. The Kier molecular flexibility index (Phi) is 6.20. The first kappa shape index (κ1) is 17.2. The van der Waals surface area contributed by atoms with Crippen LogP contribution in [0.2, 0.25) is 0 Å². The van der Waals surface area contributed by atoms with E-state index in [-0.39, 0.29) is 12.7 Å². The zero-order valence-electron chi connectivity index (χ0n) is 13.8. The Morgan fingerprint density at radius 2 is 1.91 bits per heavy atom. The number of hydrogen-bond acceptors (Lipinski definition) is 4. The Morgan fingerprint density at radius 3 is 2.55 bits per heavy atom. The van der Waals surface area contributed by atoms with Crippen molar-refractivity contribution in [2.45, 2.75) is 24.9 Å². The second-order valence-corrected chi connectivity index (χ2v) is 6.66. The van der Waals surface area contributed by atoms with E-state index >= 15 is 0 Å². The average molecular weight is 313 g/mol. The lowest BCUT2D eigenvalue weighted by molar-refractivity contribution is -0.0691. The minimum absolute atomic E-state index is 0.125. The van der Waals surface area contributed by atoms with Gasteiger partial charge < -0.3 is 14.5 Å². The predicted octanol–water partition coefficient (Wildman–Crippen LogP) is 1.75. The summed E-state index contributed by atoms with van der Waals surface area (Å²) >= 11 is 0. The van der Waals surface area contributed by atoms with Gasteiger partial charge in [-0.25, -0.2) is 9.18 Å². The van der Waals surface area contributed by atoms with Gasteiger partial charge in [-0.15, -0.1) is 0 Å². The minimum Gasteiger partial charge on any atom is -0.446 e. The number of ether oxygens (including phenoxy) is 1. The maximum absolute atomic E-state index is 14.4. The number of halogens is 1. The summed E-state index contributed by atoms with van der Waals surface area (Å²) < 4.78 is 19.5. The Labute approximate surface area is 132 Å². The predicted molar refractivity (Wildman–Crippen MR) is 84.7 cm³/mol. The van der Waals surface area contributed by atoms with Gasteiger partial charge in [0.25, 0.3) is 0 Å². The van der Waals surface area contributed by atoms with Crippen LogP contribution in [-0.4, -0.2) is 86.4 Å². The molecule has 2 aliphatic rings. The van der Waals surface area contributed by atoms with Gasteiger partial charge in [-0.3, -0.25) is 4.90 Å². The molecule has 0 radical (unpaired) electrons. The molecule has 0 N–H and O–H groups in total. The van der Waals surface area contributed by atoms with Crippen LogP contribution in [0, 0.1) is 0 Å². The molecule has 0 spiro atoms. The van der Waals surface area contributed by atoms with Gasteiger partial charge in [-0.2, -0.15) is 0 Å². The highest BCUT2D eigenvalue weighted by Crippen LogP contribution is 2.26. The van der Waals surface area contributed by atoms with E-state index in [0.717, 1.165) is 45.4 Å². The van der Waals surface area contributed by atoms with E-state index in [1.807, 2.05) is 19.0 Å². The first-order chi connectivity index (χ1) is 10.5. The standard InChI is InChI=1S/C16H28FN3O2/c1-18(2)8-6-7-9-19-12-16(17,13-19)14-22-15(21)20-10-4-3-5-11-20/h6-7H,3-5,8-14H2,1-2H3/b7-6+. The van der Waals surface area contributed by atoms with Crippen LogP contribution in [0.5, 0.6) is 0 Å². The highest BCUT2D eigenvalue weighted by Gasteiger charge is 2.44. The summed E-state index contributed by atoms with van der Waals surface area (Å²) in [6.07, 6.45) is 6.97. The maximum Gasteiger partial charge on any atom is 0.409 e. The number of carbonyl (C=O) groups excluding carboxylic acids is 1. The first-order valence-corrected chi connectivity index (χ1v) is 8.11. The molecule has 5 nitrogen and oxygen atoms in total. The molecule has 0 bridgehead atoms. The molecule has 0 aromatic rings. The molecule has 0 aromatic heterocycles. The van der Waals surface area contributed by atoms with Crippen molar-refractivity contribution in [2.75, 3.05) is 60.0 Å². The number of piperidine rings is 1. The van der Waals surface area contributed by atoms with E-state index in [1.54, 1.807) is 4.90 Å². The Bertz CT molecular complexity index is 389. The highest BCUT2D eigenvalue weighted by molar-refractivity contribution is 5.67. The van der Waals surface area contributed by atoms with E-state index in [4.69, 9.17) is 4.74 Å². The van der Waals surface area contributed by atoms with Crippen molar-refractivity contribution in [1.82, 2.24) is 14.7 Å². The number of hydrogen-bond donors (Lipinski definition) is 0. The monoisotopic (exact) mass is 313 g/mol. The molecule has 2 fully saturated rings. The molecule has 1 amide bonds. The van der Waals surface area contributed by atoms with Gasteiger partial charge in [-0.05, 0) is 33.4 Å². The normalized spacial score (nSPS) is 22.1. The number of rotatable bonds is 6. The molecular weight excluding hydrogens is 285 g/mol. The van der Waals surface area contributed by atoms with Crippen LogP contribution < -0.4 is 0 Å². The molecule has 0 aromatic carbocycles. The average Bonchev–Trinajstić information content (AvgIpc) is 2.48. The van der Waals surface area contributed by atoms with Gasteiger partial charge in [-0.1, -0.05) is 12.2 Å². The number of amides is 1. The van der Waals surface area contributed by atoms with Crippen LogP contribution in [0.15, 0.2) is 12.2 Å². The van der Waals surface area contributed by atoms with Crippen molar-refractivity contribution >= 4 is 6.09 Å². The van der Waals surface area contributed by atoms with Crippen LogP contribution in [0.3, 0.4) is 0 Å². The van der Waals surface area contributed by atoms with Gasteiger partial charge in [0, 0.05) is 39.3 Å². The Hall–Kier alpha value is -1.14. The number of carbonyl (C=O) groups is 1. The largest absolute Gasteiger partial charge is 0.446 e. The lowest BCUT2D eigenvalue weighted by Crippen LogP contribution is -2.61. The van der Waals surface area contributed by atoms with Gasteiger partial charge in [0.15, 0.2) is 5.67 Å². The molecule has 2 aliphatic heterocycles. The van der Waals surface area contributed by atoms with Crippen molar-refractivity contribution in [3.63, 3.8) is 0 Å². The van der Waals surface area contributed by atoms with Crippen molar-refractivity contribution in [2.24, 2.45) is 0 Å². The molecule has 0 unspecified atom stereocenters. The zero-order valence-corrected chi connectivity index (χ0v) is 13.8. The highest BCUT2D eigenvalue weighted by atomic mass is 19.1. The molecule has 126 valence electrons. The number of alkyl halides is 1. The third kappa shape index (κ3) is 5.25. The lowest BCUT2D eigenvalue weighted by Gasteiger charge is -2.43. The summed E-state index contributed by atoms with van der Waals surface area (Å²) in [4.78, 5) is 17.6. The second-order valence-electron chi connectivity index (χ2n) is 6.66. The van der Waals surface area contributed by atoms with Crippen LogP contribution in [0.25, 0.3) is 0 Å². The lowest BCUT2D eigenvalue weighted by atomic mass is 9.97. The fourth-order valence-corrected chi connectivity index (χ4v) is 2.84. The van der Waals surface area contributed by atoms with Gasteiger partial charge in [0.1, 0.15) is 6.61 Å². The summed E-state index contributed by atoms with van der Waals surface area (Å²) in [6, 6.07) is 0. The molecule has 2 heterocycles. The van der Waals surface area contributed by atoms with E-state index in [1.165, 1.54) is 0 Å². The van der Waals surface area contributed by atoms with Crippen LogP contribution >= 0.6 is 0 Å². The molecule has 2 rings (SSSR count). The second kappa shape index (κ2) is 7.92. The molecule has 2 saturated heterocycles. The van der Waals surface area contributed by atoms with Crippen molar-refractivity contribution in [1.29, 1.82) is 0 Å². The van der Waals surface area contributed by atoms with Gasteiger partial charge >= 0.3 is 6.09 Å². The molecule has 0 saturated carbocycles. The molecule has 0 aliphatic carbocycles. The molecule has 0 atom stereocenters. The number of likely N-dealkylation sites (tertiary alicyclic amines) is 2. The van der Waals surface area contributed by atoms with Crippen LogP contribution in [0.4, 0.5) is 9.18 Å². The Balaban J connectivity index is 1.61. The zero-order chi connectivity index (χ0) is 16.0. The van der Waals surface area contributed by atoms with Crippen LogP contribution in [-0.2, 0) is 4.74 Å². The summed E-state index contributed by atoms with van der Waals surface area (Å²) in [6.45, 7) is 3.67. The number of nitrogens with zero attached hydrogens (tertiary/aromatic N) is 3.